The molecule has 0 radical (unpaired) electrons. The third-order valence-electron chi connectivity index (χ3n) is 5.29. The van der Waals surface area contributed by atoms with E-state index >= 15 is 0 Å². The lowest BCUT2D eigenvalue weighted by Crippen LogP contribution is -2.45. The Balaban J connectivity index is 1.98. The smallest absolute Gasteiger partial charge is 0.338 e. The molecular formula is C20H29NO6. The van der Waals surface area contributed by atoms with Crippen LogP contribution in [0.2, 0.25) is 0 Å². The van der Waals surface area contributed by atoms with E-state index in [9.17, 15) is 9.59 Å². The van der Waals surface area contributed by atoms with Gasteiger partial charge in [0.2, 0.25) is 5.75 Å². The highest BCUT2D eigenvalue weighted by Crippen LogP contribution is 2.38. The molecule has 1 aliphatic carbocycles. The zero-order valence-corrected chi connectivity index (χ0v) is 16.7. The van der Waals surface area contributed by atoms with Crippen molar-refractivity contribution in [1.82, 2.24) is 5.32 Å². The van der Waals surface area contributed by atoms with Crippen molar-refractivity contribution in [2.45, 2.75) is 39.2 Å². The average Bonchev–Trinajstić information content (AvgIpc) is 2.68. The summed E-state index contributed by atoms with van der Waals surface area (Å²) >= 11 is 0. The summed E-state index contributed by atoms with van der Waals surface area (Å²) in [7, 11) is 4.41. The van der Waals surface area contributed by atoms with E-state index in [0.717, 1.165) is 12.8 Å². The number of hydrogen-bond acceptors (Lipinski definition) is 6. The minimum atomic E-state index is -0.630. The zero-order valence-electron chi connectivity index (χ0n) is 16.7. The molecular weight excluding hydrogens is 350 g/mol. The first-order valence-corrected chi connectivity index (χ1v) is 9.17. The molecule has 7 nitrogen and oxygen atoms in total. The van der Waals surface area contributed by atoms with E-state index in [4.69, 9.17) is 18.9 Å². The van der Waals surface area contributed by atoms with E-state index < -0.39 is 5.97 Å². The predicted octanol–water partition coefficient (Wildman–Crippen LogP) is 2.81. The van der Waals surface area contributed by atoms with Gasteiger partial charge in [-0.1, -0.05) is 26.7 Å². The number of rotatable bonds is 7. The van der Waals surface area contributed by atoms with Crippen LogP contribution in [0.5, 0.6) is 17.2 Å². The van der Waals surface area contributed by atoms with Crippen LogP contribution in [0.4, 0.5) is 0 Å². The van der Waals surface area contributed by atoms with Crippen molar-refractivity contribution in [2.24, 2.45) is 11.8 Å². The Morgan fingerprint density at radius 2 is 1.67 bits per heavy atom. The highest BCUT2D eigenvalue weighted by atomic mass is 16.5. The Kier molecular flexibility index (Phi) is 7.33. The van der Waals surface area contributed by atoms with E-state index in [-0.39, 0.29) is 24.1 Å². The number of hydrogen-bond donors (Lipinski definition) is 1. The average molecular weight is 379 g/mol. The molecule has 0 spiro atoms. The Labute approximate surface area is 160 Å². The second-order valence-electron chi connectivity index (χ2n) is 6.93. The van der Waals surface area contributed by atoms with Crippen molar-refractivity contribution in [3.8, 4) is 17.2 Å². The normalized spacial score (nSPS) is 21.9. The third kappa shape index (κ3) is 5.05. The minimum absolute atomic E-state index is 0.126. The summed E-state index contributed by atoms with van der Waals surface area (Å²) in [5, 5.41) is 2.98. The van der Waals surface area contributed by atoms with Crippen molar-refractivity contribution in [1.29, 1.82) is 0 Å². The molecule has 1 N–H and O–H groups in total. The van der Waals surface area contributed by atoms with Gasteiger partial charge in [-0.3, -0.25) is 4.79 Å². The lowest BCUT2D eigenvalue weighted by molar-refractivity contribution is -0.125. The van der Waals surface area contributed by atoms with Crippen LogP contribution in [0, 0.1) is 11.8 Å². The van der Waals surface area contributed by atoms with Crippen molar-refractivity contribution in [3.63, 3.8) is 0 Å². The van der Waals surface area contributed by atoms with Crippen LogP contribution >= 0.6 is 0 Å². The predicted molar refractivity (Wildman–Crippen MR) is 100 cm³/mol. The molecule has 0 bridgehead atoms. The van der Waals surface area contributed by atoms with Gasteiger partial charge < -0.3 is 24.3 Å². The number of amides is 1. The van der Waals surface area contributed by atoms with Crippen LogP contribution in [0.15, 0.2) is 12.1 Å². The summed E-state index contributed by atoms with van der Waals surface area (Å²) in [6, 6.07) is 3.11. The van der Waals surface area contributed by atoms with Gasteiger partial charge in [0.15, 0.2) is 18.1 Å². The summed E-state index contributed by atoms with van der Waals surface area (Å²) in [4.78, 5) is 24.5. The van der Waals surface area contributed by atoms with Crippen LogP contribution in [0.1, 0.15) is 43.5 Å². The van der Waals surface area contributed by atoms with Crippen LogP contribution in [0.3, 0.4) is 0 Å². The monoisotopic (exact) mass is 379 g/mol. The SMILES string of the molecule is COc1cc(C(=O)OCC(=O)N[C@H]2CCC[C@H](C)[C@H]2C)cc(OC)c1OC. The molecule has 27 heavy (non-hydrogen) atoms. The molecule has 1 aliphatic rings. The van der Waals surface area contributed by atoms with E-state index in [1.165, 1.54) is 39.9 Å². The Morgan fingerprint density at radius 3 is 2.22 bits per heavy atom. The summed E-state index contributed by atoms with van der Waals surface area (Å²) in [5.74, 6) is 1.14. The summed E-state index contributed by atoms with van der Waals surface area (Å²) in [6.07, 6.45) is 3.24. The lowest BCUT2D eigenvalue weighted by Gasteiger charge is -2.34. The fourth-order valence-corrected chi connectivity index (χ4v) is 3.45. The number of esters is 1. The van der Waals surface area contributed by atoms with E-state index in [2.05, 4.69) is 19.2 Å². The number of methoxy groups -OCH3 is 3. The number of benzene rings is 1. The van der Waals surface area contributed by atoms with Crippen LogP contribution in [0.25, 0.3) is 0 Å². The Morgan fingerprint density at radius 1 is 1.04 bits per heavy atom. The van der Waals surface area contributed by atoms with Gasteiger partial charge in [0, 0.05) is 6.04 Å². The zero-order chi connectivity index (χ0) is 20.0. The molecule has 1 saturated carbocycles. The maximum absolute atomic E-state index is 12.3. The summed E-state index contributed by atoms with van der Waals surface area (Å²) in [6.45, 7) is 4.03. The van der Waals surface area contributed by atoms with Gasteiger partial charge in [-0.05, 0) is 30.4 Å². The fraction of sp³-hybridized carbons (Fsp3) is 0.600. The minimum Gasteiger partial charge on any atom is -0.493 e. The first kappa shape index (κ1) is 20.9. The number of nitrogens with one attached hydrogen (secondary N) is 1. The van der Waals surface area contributed by atoms with Crippen molar-refractivity contribution < 1.29 is 28.5 Å². The lowest BCUT2D eigenvalue weighted by atomic mass is 9.78. The highest BCUT2D eigenvalue weighted by Gasteiger charge is 2.28. The maximum Gasteiger partial charge on any atom is 0.338 e. The van der Waals surface area contributed by atoms with E-state index in [0.29, 0.717) is 29.1 Å². The van der Waals surface area contributed by atoms with Gasteiger partial charge in [0.05, 0.1) is 26.9 Å². The van der Waals surface area contributed by atoms with E-state index in [1.807, 2.05) is 0 Å². The van der Waals surface area contributed by atoms with Gasteiger partial charge in [0.25, 0.3) is 5.91 Å². The fourth-order valence-electron chi connectivity index (χ4n) is 3.45. The molecule has 2 rings (SSSR count). The first-order chi connectivity index (χ1) is 12.9. The van der Waals surface area contributed by atoms with E-state index in [1.54, 1.807) is 0 Å². The molecule has 1 aromatic carbocycles. The first-order valence-electron chi connectivity index (χ1n) is 9.17. The molecule has 150 valence electrons. The molecule has 1 aromatic rings. The molecule has 0 saturated heterocycles. The van der Waals surface area contributed by atoms with Crippen LogP contribution in [-0.2, 0) is 9.53 Å². The van der Waals surface area contributed by atoms with Gasteiger partial charge >= 0.3 is 5.97 Å². The molecule has 0 heterocycles. The number of ether oxygens (including phenoxy) is 4. The highest BCUT2D eigenvalue weighted by molar-refractivity contribution is 5.92. The number of carbonyl (C=O) groups is 2. The maximum atomic E-state index is 12.3. The molecule has 3 atom stereocenters. The molecule has 7 heteroatoms. The van der Waals surface area contributed by atoms with Crippen molar-refractivity contribution in [3.05, 3.63) is 17.7 Å². The van der Waals surface area contributed by atoms with Gasteiger partial charge in [-0.2, -0.15) is 0 Å². The molecule has 1 amide bonds. The molecule has 0 aromatic heterocycles. The molecule has 0 aliphatic heterocycles. The Bertz CT molecular complexity index is 649. The van der Waals surface area contributed by atoms with Crippen molar-refractivity contribution in [2.75, 3.05) is 27.9 Å². The number of carbonyl (C=O) groups excluding carboxylic acids is 2. The molecule has 1 fully saturated rings. The Hall–Kier alpha value is -2.44. The standard InChI is InChI=1S/C20H29NO6/c1-12-7-6-8-15(13(12)2)21-18(22)11-27-20(23)14-9-16(24-3)19(26-5)17(10-14)25-4/h9-10,12-13,15H,6-8,11H2,1-5H3,(H,21,22)/t12-,13+,15-/m0/s1. The van der Waals surface area contributed by atoms with Gasteiger partial charge in [0.1, 0.15) is 0 Å². The molecule has 0 unspecified atom stereocenters. The van der Waals surface area contributed by atoms with Gasteiger partial charge in [-0.25, -0.2) is 4.79 Å². The van der Waals surface area contributed by atoms with Crippen molar-refractivity contribution >= 4 is 11.9 Å². The van der Waals surface area contributed by atoms with Gasteiger partial charge in [-0.15, -0.1) is 0 Å². The van der Waals surface area contributed by atoms with Crippen LogP contribution in [-0.4, -0.2) is 45.9 Å². The summed E-state index contributed by atoms with van der Waals surface area (Å²) in [5.41, 5.74) is 0.219. The van der Waals surface area contributed by atoms with Crippen LogP contribution < -0.4 is 19.5 Å². The largest absolute Gasteiger partial charge is 0.493 e. The second-order valence-corrected chi connectivity index (χ2v) is 6.93. The third-order valence-corrected chi connectivity index (χ3v) is 5.29. The quantitative estimate of drug-likeness (QED) is 0.734. The summed E-state index contributed by atoms with van der Waals surface area (Å²) < 4.78 is 20.8. The topological polar surface area (TPSA) is 83.1 Å². The second kappa shape index (κ2) is 9.48.